The Balaban J connectivity index is 1.15. The fourth-order valence-corrected chi connectivity index (χ4v) is 9.53. The molecule has 0 aliphatic heterocycles. The van der Waals surface area contributed by atoms with E-state index in [9.17, 15) is 0 Å². The van der Waals surface area contributed by atoms with Crippen LogP contribution < -0.4 is 0 Å². The molecule has 5 nitrogen and oxygen atoms in total. The van der Waals surface area contributed by atoms with Crippen molar-refractivity contribution < 1.29 is 4.42 Å². The second-order valence-corrected chi connectivity index (χ2v) is 14.4. The van der Waals surface area contributed by atoms with Crippen LogP contribution in [0.4, 0.5) is 0 Å². The Labute approximate surface area is 300 Å². The van der Waals surface area contributed by atoms with E-state index in [1.807, 2.05) is 47.9 Å². The molecule has 0 spiro atoms. The molecule has 0 bridgehead atoms. The van der Waals surface area contributed by atoms with Crippen LogP contribution >= 0.6 is 11.3 Å². The quantitative estimate of drug-likeness (QED) is 0.186. The predicted octanol–water partition coefficient (Wildman–Crippen LogP) is 12.6. The SMILES string of the molecule is c1ccc(-n2c3ccc(-c4ccc5c(c4)c4ccc6oc7ccccc7c6c4n5-c4ncc5ccccc5n4)cc3c3c4ccccc4sc32)cc1. The summed E-state index contributed by atoms with van der Waals surface area (Å²) in [5.74, 6) is 0.639. The summed E-state index contributed by atoms with van der Waals surface area (Å²) in [6, 6.07) is 53.9. The number of nitrogens with zero attached hydrogens (tertiary/aromatic N) is 4. The number of benzene rings is 7. The molecule has 5 aromatic heterocycles. The van der Waals surface area contributed by atoms with E-state index in [0.717, 1.165) is 60.2 Å². The van der Waals surface area contributed by atoms with Crippen LogP contribution in [-0.4, -0.2) is 19.1 Å². The summed E-state index contributed by atoms with van der Waals surface area (Å²) in [5.41, 5.74) is 9.43. The molecule has 242 valence electrons. The highest BCUT2D eigenvalue weighted by molar-refractivity contribution is 7.25. The van der Waals surface area contributed by atoms with Gasteiger partial charge in [0.25, 0.3) is 0 Å². The minimum absolute atomic E-state index is 0.639. The van der Waals surface area contributed by atoms with Crippen LogP contribution in [0.1, 0.15) is 0 Å². The first kappa shape index (κ1) is 28.0. The van der Waals surface area contributed by atoms with E-state index < -0.39 is 0 Å². The number of fused-ring (bicyclic) bond motifs is 13. The van der Waals surface area contributed by atoms with E-state index in [0.29, 0.717) is 5.95 Å². The zero-order valence-electron chi connectivity index (χ0n) is 27.6. The van der Waals surface area contributed by atoms with E-state index in [4.69, 9.17) is 14.4 Å². The van der Waals surface area contributed by atoms with Gasteiger partial charge in [-0.1, -0.05) is 84.9 Å². The molecule has 0 atom stereocenters. The molecule has 5 heterocycles. The van der Waals surface area contributed by atoms with Crippen LogP contribution in [-0.2, 0) is 0 Å². The van der Waals surface area contributed by atoms with Gasteiger partial charge < -0.3 is 8.98 Å². The third kappa shape index (κ3) is 3.81. The van der Waals surface area contributed by atoms with Gasteiger partial charge in [-0.3, -0.25) is 4.57 Å². The molecule has 0 aliphatic rings. The number of hydrogen-bond acceptors (Lipinski definition) is 4. The van der Waals surface area contributed by atoms with Gasteiger partial charge in [-0.05, 0) is 77.9 Å². The van der Waals surface area contributed by atoms with Gasteiger partial charge in [-0.15, -0.1) is 11.3 Å². The highest BCUT2D eigenvalue weighted by Gasteiger charge is 2.22. The molecule has 12 aromatic rings. The maximum atomic E-state index is 6.39. The van der Waals surface area contributed by atoms with E-state index in [2.05, 4.69) is 130 Å². The minimum Gasteiger partial charge on any atom is -0.456 e. The van der Waals surface area contributed by atoms with Crippen molar-refractivity contribution in [2.24, 2.45) is 0 Å². The van der Waals surface area contributed by atoms with Crippen LogP contribution in [0.2, 0.25) is 0 Å². The number of rotatable bonds is 3. The number of furan rings is 1. The molecule has 0 saturated heterocycles. The molecule has 0 fully saturated rings. The van der Waals surface area contributed by atoms with E-state index >= 15 is 0 Å². The summed E-state index contributed by atoms with van der Waals surface area (Å²) in [4.78, 5) is 11.3. The summed E-state index contributed by atoms with van der Waals surface area (Å²) in [5, 5.41) is 9.29. The Morgan fingerprint density at radius 2 is 1.25 bits per heavy atom. The molecular formula is C46H26N4OS. The number of thiophene rings is 1. The average Bonchev–Trinajstić information content (AvgIpc) is 3.94. The summed E-state index contributed by atoms with van der Waals surface area (Å²) >= 11 is 1.86. The highest BCUT2D eigenvalue weighted by atomic mass is 32.1. The Hall–Kier alpha value is -6.76. The standard InChI is InChI=1S/C46H26N4OS/c1-2-11-30(12-3-1)49-38-22-19-28(25-35(38)42-33-14-6-9-17-41(33)52-45(42)49)27-18-21-37-34(24-27)31-20-23-40-43(32-13-5-8-16-39(32)51-40)44(31)50(37)46-47-26-29-10-4-7-15-36(29)48-46/h1-26H. The molecule has 7 aromatic carbocycles. The summed E-state index contributed by atoms with van der Waals surface area (Å²) < 4.78 is 12.3. The van der Waals surface area contributed by atoms with Crippen molar-refractivity contribution in [2.75, 3.05) is 0 Å². The van der Waals surface area contributed by atoms with Crippen LogP contribution in [0.15, 0.2) is 162 Å². The fraction of sp³-hybridized carbons (Fsp3) is 0. The number of para-hydroxylation sites is 3. The molecule has 0 saturated carbocycles. The summed E-state index contributed by atoms with van der Waals surface area (Å²) in [6.07, 6.45) is 1.92. The first-order valence-corrected chi connectivity index (χ1v) is 18.2. The van der Waals surface area contributed by atoms with Crippen molar-refractivity contribution >= 4 is 97.2 Å². The van der Waals surface area contributed by atoms with Crippen LogP contribution in [0.25, 0.3) is 109 Å². The molecule has 0 amide bonds. The largest absolute Gasteiger partial charge is 0.456 e. The Bertz CT molecular complexity index is 3420. The van der Waals surface area contributed by atoms with Crippen molar-refractivity contribution in [1.82, 2.24) is 19.1 Å². The second-order valence-electron chi connectivity index (χ2n) is 13.4. The molecular weight excluding hydrogens is 657 g/mol. The first-order chi connectivity index (χ1) is 25.8. The Morgan fingerprint density at radius 1 is 0.519 bits per heavy atom. The van der Waals surface area contributed by atoms with Gasteiger partial charge in [-0.25, -0.2) is 9.97 Å². The lowest BCUT2D eigenvalue weighted by atomic mass is 10.00. The monoisotopic (exact) mass is 682 g/mol. The van der Waals surface area contributed by atoms with Crippen LogP contribution in [0.5, 0.6) is 0 Å². The van der Waals surface area contributed by atoms with Gasteiger partial charge in [0.15, 0.2) is 0 Å². The van der Waals surface area contributed by atoms with Crippen LogP contribution in [0, 0.1) is 0 Å². The van der Waals surface area contributed by atoms with E-state index in [1.165, 1.54) is 42.5 Å². The Morgan fingerprint density at radius 3 is 2.13 bits per heavy atom. The van der Waals surface area contributed by atoms with Crippen molar-refractivity contribution in [1.29, 1.82) is 0 Å². The maximum absolute atomic E-state index is 6.39. The smallest absolute Gasteiger partial charge is 0.235 e. The van der Waals surface area contributed by atoms with Gasteiger partial charge in [0.05, 0.1) is 27.5 Å². The second kappa shape index (κ2) is 10.4. The minimum atomic E-state index is 0.639. The molecule has 0 radical (unpaired) electrons. The number of hydrogen-bond donors (Lipinski definition) is 0. The van der Waals surface area contributed by atoms with E-state index in [1.54, 1.807) is 0 Å². The lowest BCUT2D eigenvalue weighted by Crippen LogP contribution is -2.01. The van der Waals surface area contributed by atoms with Crippen molar-refractivity contribution in [2.45, 2.75) is 0 Å². The number of aromatic nitrogens is 4. The predicted molar refractivity (Wildman–Crippen MR) is 216 cm³/mol. The zero-order valence-corrected chi connectivity index (χ0v) is 28.4. The lowest BCUT2D eigenvalue weighted by Gasteiger charge is -2.09. The van der Waals surface area contributed by atoms with Crippen molar-refractivity contribution in [3.63, 3.8) is 0 Å². The molecule has 0 N–H and O–H groups in total. The molecule has 6 heteroatoms. The Kier molecular flexibility index (Phi) is 5.59. The van der Waals surface area contributed by atoms with Crippen molar-refractivity contribution in [3.05, 3.63) is 158 Å². The van der Waals surface area contributed by atoms with Gasteiger partial charge in [0.1, 0.15) is 16.0 Å². The maximum Gasteiger partial charge on any atom is 0.235 e. The van der Waals surface area contributed by atoms with Crippen LogP contribution in [0.3, 0.4) is 0 Å². The van der Waals surface area contributed by atoms with Gasteiger partial charge in [0, 0.05) is 54.3 Å². The highest BCUT2D eigenvalue weighted by Crippen LogP contribution is 2.45. The summed E-state index contributed by atoms with van der Waals surface area (Å²) in [7, 11) is 0. The molecule has 12 rings (SSSR count). The van der Waals surface area contributed by atoms with Gasteiger partial charge in [0.2, 0.25) is 5.95 Å². The molecule has 0 aliphatic carbocycles. The third-order valence-electron chi connectivity index (χ3n) is 10.6. The third-order valence-corrected chi connectivity index (χ3v) is 11.7. The van der Waals surface area contributed by atoms with Crippen molar-refractivity contribution in [3.8, 4) is 22.8 Å². The summed E-state index contributed by atoms with van der Waals surface area (Å²) in [6.45, 7) is 0. The zero-order chi connectivity index (χ0) is 33.9. The molecule has 52 heavy (non-hydrogen) atoms. The lowest BCUT2D eigenvalue weighted by molar-refractivity contribution is 0.669. The fourth-order valence-electron chi connectivity index (χ4n) is 8.28. The van der Waals surface area contributed by atoms with E-state index in [-0.39, 0.29) is 0 Å². The van der Waals surface area contributed by atoms with Gasteiger partial charge >= 0.3 is 0 Å². The topological polar surface area (TPSA) is 48.8 Å². The normalized spacial score (nSPS) is 12.2. The first-order valence-electron chi connectivity index (χ1n) is 17.4. The van der Waals surface area contributed by atoms with Gasteiger partial charge in [-0.2, -0.15) is 0 Å². The molecule has 0 unspecified atom stereocenters. The average molecular weight is 683 g/mol.